The molecule has 3 aromatic heterocycles. The van der Waals surface area contributed by atoms with E-state index in [2.05, 4.69) is 19.9 Å². The van der Waals surface area contributed by atoms with Crippen LogP contribution in [0.25, 0.3) is 33.3 Å². The van der Waals surface area contributed by atoms with Gasteiger partial charge in [-0.2, -0.15) is 0 Å². The van der Waals surface area contributed by atoms with Crippen molar-refractivity contribution < 1.29 is 9.59 Å². The van der Waals surface area contributed by atoms with Gasteiger partial charge < -0.3 is 15.7 Å². The van der Waals surface area contributed by atoms with Gasteiger partial charge >= 0.3 is 0 Å². The molecule has 1 aromatic carbocycles. The Morgan fingerprint density at radius 1 is 1.07 bits per heavy atom. The molecule has 27 heavy (non-hydrogen) atoms. The summed E-state index contributed by atoms with van der Waals surface area (Å²) in [5.41, 5.74) is 9.22. The molecule has 0 saturated carbocycles. The second-order valence-electron chi connectivity index (χ2n) is 7.56. The Kier molecular flexibility index (Phi) is 3.62. The highest BCUT2D eigenvalue weighted by atomic mass is 16.1. The van der Waals surface area contributed by atoms with Crippen LogP contribution in [-0.2, 0) is 0 Å². The molecule has 0 aliphatic rings. The van der Waals surface area contributed by atoms with E-state index in [9.17, 15) is 9.59 Å². The van der Waals surface area contributed by atoms with Gasteiger partial charge in [0.1, 0.15) is 5.52 Å². The van der Waals surface area contributed by atoms with Crippen LogP contribution in [0, 0.1) is 5.41 Å². The van der Waals surface area contributed by atoms with Crippen LogP contribution in [0.5, 0.6) is 0 Å². The minimum atomic E-state index is -0.513. The summed E-state index contributed by atoms with van der Waals surface area (Å²) < 4.78 is 0. The summed E-state index contributed by atoms with van der Waals surface area (Å²) in [6.45, 7) is 5.63. The van der Waals surface area contributed by atoms with Gasteiger partial charge in [0, 0.05) is 34.3 Å². The second-order valence-corrected chi connectivity index (χ2v) is 7.56. The number of aromatic nitrogens is 4. The smallest absolute Gasteiger partial charge is 0.250 e. The lowest BCUT2D eigenvalue weighted by Gasteiger charge is -2.15. The van der Waals surface area contributed by atoms with Gasteiger partial charge in [-0.15, -0.1) is 0 Å². The van der Waals surface area contributed by atoms with Crippen LogP contribution >= 0.6 is 0 Å². The number of amides is 1. The maximum Gasteiger partial charge on any atom is 0.250 e. The van der Waals surface area contributed by atoms with Crippen molar-refractivity contribution in [3.63, 3.8) is 0 Å². The van der Waals surface area contributed by atoms with Crippen molar-refractivity contribution in [2.45, 2.75) is 20.8 Å². The molecule has 4 aromatic rings. The van der Waals surface area contributed by atoms with Gasteiger partial charge in [-0.1, -0.05) is 32.9 Å². The van der Waals surface area contributed by atoms with Gasteiger partial charge in [-0.3, -0.25) is 9.59 Å². The fourth-order valence-electron chi connectivity index (χ4n) is 3.10. The Morgan fingerprint density at radius 3 is 2.52 bits per heavy atom. The van der Waals surface area contributed by atoms with Gasteiger partial charge in [-0.05, 0) is 6.07 Å². The zero-order valence-corrected chi connectivity index (χ0v) is 15.3. The van der Waals surface area contributed by atoms with E-state index < -0.39 is 11.3 Å². The molecule has 7 nitrogen and oxygen atoms in total. The summed E-state index contributed by atoms with van der Waals surface area (Å²) in [4.78, 5) is 39.3. The average Bonchev–Trinajstić information content (AvgIpc) is 3.23. The van der Waals surface area contributed by atoms with Gasteiger partial charge in [0.2, 0.25) is 0 Å². The van der Waals surface area contributed by atoms with Crippen LogP contribution < -0.4 is 5.73 Å². The maximum absolute atomic E-state index is 12.7. The van der Waals surface area contributed by atoms with E-state index >= 15 is 0 Å². The number of hydrogen-bond donors (Lipinski definition) is 3. The molecule has 0 spiro atoms. The third-order valence-electron chi connectivity index (χ3n) is 4.55. The number of carbonyl (C=O) groups excluding carboxylic acids is 2. The van der Waals surface area contributed by atoms with E-state index in [4.69, 9.17) is 5.73 Å². The van der Waals surface area contributed by atoms with Crippen LogP contribution in [-0.4, -0.2) is 31.6 Å². The number of nitrogens with two attached hydrogens (primary N) is 1. The molecule has 4 rings (SSSR count). The summed E-state index contributed by atoms with van der Waals surface area (Å²) in [6.07, 6.45) is 4.91. The fraction of sp³-hybridized carbons (Fsp3) is 0.200. The topological polar surface area (TPSA) is 118 Å². The molecule has 0 atom stereocenters. The Hall–Kier alpha value is -3.48. The van der Waals surface area contributed by atoms with Crippen molar-refractivity contribution in [1.29, 1.82) is 0 Å². The molecule has 136 valence electrons. The lowest BCUT2D eigenvalue weighted by Crippen LogP contribution is -2.20. The molecule has 0 bridgehead atoms. The zero-order chi connectivity index (χ0) is 19.3. The zero-order valence-electron chi connectivity index (χ0n) is 15.3. The standard InChI is InChI=1S/C20H19N5O2/c1-20(2,3)17(26)13-8-23-19-16(13)25-15(9-24-19)10-4-5-11-12(18(21)27)7-22-14(11)6-10/h4-9,22H,1-3H3,(H2,21,27)(H,23,24). The van der Waals surface area contributed by atoms with E-state index in [0.717, 1.165) is 16.5 Å². The minimum absolute atomic E-state index is 0.00567. The van der Waals surface area contributed by atoms with Crippen LogP contribution in [0.1, 0.15) is 41.5 Å². The van der Waals surface area contributed by atoms with Gasteiger partial charge in [0.15, 0.2) is 11.4 Å². The first kappa shape index (κ1) is 17.0. The maximum atomic E-state index is 12.7. The summed E-state index contributed by atoms with van der Waals surface area (Å²) in [7, 11) is 0. The number of aromatic amines is 2. The molecule has 0 saturated heterocycles. The third-order valence-corrected chi connectivity index (χ3v) is 4.55. The first-order chi connectivity index (χ1) is 12.8. The normalized spacial score (nSPS) is 12.0. The number of nitrogens with zero attached hydrogens (tertiary/aromatic N) is 2. The lowest BCUT2D eigenvalue weighted by molar-refractivity contribution is 0.0859. The van der Waals surface area contributed by atoms with Crippen molar-refractivity contribution in [2.24, 2.45) is 11.1 Å². The number of fused-ring (bicyclic) bond motifs is 2. The SMILES string of the molecule is CC(C)(C)C(=O)c1c[nH]c2ncc(-c3ccc4c(C(N)=O)c[nH]c4c3)nc12. The fourth-order valence-corrected chi connectivity index (χ4v) is 3.10. The van der Waals surface area contributed by atoms with Gasteiger partial charge in [-0.25, -0.2) is 9.97 Å². The van der Waals surface area contributed by atoms with Crippen molar-refractivity contribution >= 4 is 33.8 Å². The molecule has 7 heteroatoms. The Bertz CT molecular complexity index is 1210. The summed E-state index contributed by atoms with van der Waals surface area (Å²) in [5, 5.41) is 0.755. The number of carbonyl (C=O) groups is 2. The molecule has 0 fully saturated rings. The Labute approximate surface area is 155 Å². The average molecular weight is 361 g/mol. The van der Waals surface area contributed by atoms with Crippen LogP contribution in [0.4, 0.5) is 0 Å². The molecule has 4 N–H and O–H groups in total. The van der Waals surface area contributed by atoms with E-state index in [1.165, 1.54) is 0 Å². The van der Waals surface area contributed by atoms with Gasteiger partial charge in [0.05, 0.1) is 23.0 Å². The summed E-state index contributed by atoms with van der Waals surface area (Å²) >= 11 is 0. The quantitative estimate of drug-likeness (QED) is 0.484. The van der Waals surface area contributed by atoms with Crippen molar-refractivity contribution in [2.75, 3.05) is 0 Å². The molecule has 1 amide bonds. The van der Waals surface area contributed by atoms with Crippen LogP contribution in [0.15, 0.2) is 36.8 Å². The summed E-state index contributed by atoms with van der Waals surface area (Å²) in [6, 6.07) is 5.57. The number of nitrogens with one attached hydrogen (secondary N) is 2. The number of benzene rings is 1. The Balaban J connectivity index is 1.83. The molecule has 3 heterocycles. The van der Waals surface area contributed by atoms with E-state index in [-0.39, 0.29) is 5.78 Å². The first-order valence-corrected chi connectivity index (χ1v) is 8.56. The number of hydrogen-bond acceptors (Lipinski definition) is 4. The summed E-state index contributed by atoms with van der Waals surface area (Å²) in [5.74, 6) is -0.473. The van der Waals surface area contributed by atoms with Crippen molar-refractivity contribution in [3.8, 4) is 11.3 Å². The molecule has 0 radical (unpaired) electrons. The minimum Gasteiger partial charge on any atom is -0.366 e. The molecular formula is C20H19N5O2. The van der Waals surface area contributed by atoms with Crippen LogP contribution in [0.3, 0.4) is 0 Å². The monoisotopic (exact) mass is 361 g/mol. The number of primary amides is 1. The largest absolute Gasteiger partial charge is 0.366 e. The number of Topliss-reactive ketones (excluding diaryl/α,β-unsaturated/α-hetero) is 1. The number of ketones is 1. The molecule has 0 unspecified atom stereocenters. The van der Waals surface area contributed by atoms with Gasteiger partial charge in [0.25, 0.3) is 5.91 Å². The first-order valence-electron chi connectivity index (χ1n) is 8.56. The highest BCUT2D eigenvalue weighted by Gasteiger charge is 2.26. The molecule has 0 aliphatic heterocycles. The number of H-pyrrole nitrogens is 2. The van der Waals surface area contributed by atoms with E-state index in [0.29, 0.717) is 28.0 Å². The lowest BCUT2D eigenvalue weighted by atomic mass is 9.87. The Morgan fingerprint density at radius 2 is 1.81 bits per heavy atom. The molecular weight excluding hydrogens is 342 g/mol. The number of rotatable bonds is 3. The van der Waals surface area contributed by atoms with Crippen molar-refractivity contribution in [3.05, 3.63) is 47.9 Å². The highest BCUT2D eigenvalue weighted by Crippen LogP contribution is 2.28. The highest BCUT2D eigenvalue weighted by molar-refractivity contribution is 6.09. The predicted molar refractivity (Wildman–Crippen MR) is 103 cm³/mol. The van der Waals surface area contributed by atoms with Crippen molar-refractivity contribution in [1.82, 2.24) is 19.9 Å². The second kappa shape index (κ2) is 5.77. The predicted octanol–water partition coefficient (Wildman–Crippen LogP) is 3.43. The van der Waals surface area contributed by atoms with E-state index in [1.807, 2.05) is 39.0 Å². The molecule has 0 aliphatic carbocycles. The van der Waals surface area contributed by atoms with E-state index in [1.54, 1.807) is 18.6 Å². The third kappa shape index (κ3) is 2.77. The van der Waals surface area contributed by atoms with Crippen LogP contribution in [0.2, 0.25) is 0 Å².